The van der Waals surface area contributed by atoms with Gasteiger partial charge in [0.2, 0.25) is 5.91 Å². The van der Waals surface area contributed by atoms with E-state index in [-0.39, 0.29) is 17.3 Å². The van der Waals surface area contributed by atoms with E-state index in [1.165, 1.54) is 37.1 Å². The van der Waals surface area contributed by atoms with Gasteiger partial charge in [-0.2, -0.15) is 0 Å². The van der Waals surface area contributed by atoms with Gasteiger partial charge < -0.3 is 14.6 Å². The van der Waals surface area contributed by atoms with Crippen molar-refractivity contribution < 1.29 is 14.5 Å². The molecule has 0 saturated heterocycles. The normalized spacial score (nSPS) is 11.6. The molecule has 132 valence electrons. The molecule has 0 saturated carbocycles. The third-order valence-electron chi connectivity index (χ3n) is 3.21. The number of non-ortho nitro benzene ring substituents is 1. The average Bonchev–Trinajstić information content (AvgIpc) is 3.02. The minimum atomic E-state index is -0.529. The highest BCUT2D eigenvalue weighted by Gasteiger charge is 2.20. The highest BCUT2D eigenvalue weighted by molar-refractivity contribution is 8.00. The number of allylic oxidation sites excluding steroid dienone is 1. The summed E-state index contributed by atoms with van der Waals surface area (Å²) in [5, 5.41) is 21.4. The van der Waals surface area contributed by atoms with Crippen molar-refractivity contribution in [2.75, 3.05) is 12.4 Å². The third-order valence-corrected chi connectivity index (χ3v) is 4.31. The van der Waals surface area contributed by atoms with Crippen molar-refractivity contribution in [2.24, 2.45) is 0 Å². The van der Waals surface area contributed by atoms with Gasteiger partial charge in [0, 0.05) is 12.6 Å². The summed E-state index contributed by atoms with van der Waals surface area (Å²) in [5.41, 5.74) is 0.243. The van der Waals surface area contributed by atoms with E-state index in [0.29, 0.717) is 17.4 Å². The summed E-state index contributed by atoms with van der Waals surface area (Å²) in [7, 11) is 1.38. The average molecular weight is 363 g/mol. The number of nitrogens with zero attached hydrogens (tertiary/aromatic N) is 4. The summed E-state index contributed by atoms with van der Waals surface area (Å²) >= 11 is 1.25. The van der Waals surface area contributed by atoms with Crippen LogP contribution in [0, 0.1) is 10.1 Å². The molecule has 1 amide bonds. The molecule has 1 N–H and O–H groups in total. The number of carbonyl (C=O) groups excluding carboxylic acids is 1. The number of nitro groups is 1. The molecule has 10 heteroatoms. The number of benzene rings is 1. The van der Waals surface area contributed by atoms with Gasteiger partial charge in [-0.15, -0.1) is 16.8 Å². The predicted molar refractivity (Wildman–Crippen MR) is 93.8 cm³/mol. The Morgan fingerprint density at radius 1 is 1.60 bits per heavy atom. The molecule has 0 spiro atoms. The van der Waals surface area contributed by atoms with Gasteiger partial charge >= 0.3 is 0 Å². The molecule has 2 rings (SSSR count). The van der Waals surface area contributed by atoms with E-state index in [0.717, 1.165) is 0 Å². The van der Waals surface area contributed by atoms with Crippen LogP contribution in [0.15, 0.2) is 42.3 Å². The van der Waals surface area contributed by atoms with Crippen molar-refractivity contribution in [1.82, 2.24) is 14.8 Å². The maximum absolute atomic E-state index is 12.4. The summed E-state index contributed by atoms with van der Waals surface area (Å²) in [6, 6.07) is 4.00. The molecule has 25 heavy (non-hydrogen) atoms. The molecule has 0 aliphatic carbocycles. The van der Waals surface area contributed by atoms with Gasteiger partial charge in [-0.25, -0.2) is 0 Å². The monoisotopic (exact) mass is 363 g/mol. The molecule has 1 heterocycles. The van der Waals surface area contributed by atoms with Crippen LogP contribution in [0.2, 0.25) is 0 Å². The molecule has 1 aromatic heterocycles. The molecule has 0 radical (unpaired) electrons. The number of carbonyl (C=O) groups is 1. The van der Waals surface area contributed by atoms with Crippen LogP contribution in [0.4, 0.5) is 11.4 Å². The topological polar surface area (TPSA) is 112 Å². The standard InChI is InChI=1S/C15H17N5O4S/c1-4-7-19-9-16-18-15(19)25-10(2)14(21)17-12-6-5-11(20(22)23)8-13(12)24-3/h4-6,8-10H,1,7H2,2-3H3,(H,17,21)/t10-/m0/s1. The molecule has 9 nitrogen and oxygen atoms in total. The molecule has 1 atom stereocenters. The maximum atomic E-state index is 12.4. The SMILES string of the molecule is C=CCn1cnnc1S[C@@H](C)C(=O)Nc1ccc([N+](=O)[O-])cc1OC. The Bertz CT molecular complexity index is 792. The second kappa shape index (κ2) is 8.29. The second-order valence-electron chi connectivity index (χ2n) is 4.95. The van der Waals surface area contributed by atoms with E-state index in [4.69, 9.17) is 4.74 Å². The van der Waals surface area contributed by atoms with E-state index in [1.54, 1.807) is 23.9 Å². The first-order valence-corrected chi connectivity index (χ1v) is 8.13. The summed E-state index contributed by atoms with van der Waals surface area (Å²) in [6.45, 7) is 5.93. The van der Waals surface area contributed by atoms with Crippen LogP contribution in [0.5, 0.6) is 5.75 Å². The van der Waals surface area contributed by atoms with Crippen molar-refractivity contribution in [3.63, 3.8) is 0 Å². The highest BCUT2D eigenvalue weighted by atomic mass is 32.2. The minimum absolute atomic E-state index is 0.116. The summed E-state index contributed by atoms with van der Waals surface area (Å²) in [5.74, 6) is -0.0696. The van der Waals surface area contributed by atoms with Gasteiger partial charge in [0.05, 0.1) is 29.0 Å². The molecule has 0 aliphatic rings. The van der Waals surface area contributed by atoms with Crippen LogP contribution in [-0.2, 0) is 11.3 Å². The van der Waals surface area contributed by atoms with Crippen molar-refractivity contribution in [1.29, 1.82) is 0 Å². The van der Waals surface area contributed by atoms with Crippen LogP contribution in [-0.4, -0.2) is 38.0 Å². The van der Waals surface area contributed by atoms with Gasteiger partial charge in [0.25, 0.3) is 5.69 Å². The molecule has 0 aliphatic heterocycles. The molecular formula is C15H17N5O4S. The number of amides is 1. The van der Waals surface area contributed by atoms with E-state index < -0.39 is 10.2 Å². The van der Waals surface area contributed by atoms with Crippen LogP contribution in [0.25, 0.3) is 0 Å². The van der Waals surface area contributed by atoms with Crippen molar-refractivity contribution >= 4 is 29.0 Å². The number of anilines is 1. The predicted octanol–water partition coefficient (Wildman–Crippen LogP) is 2.50. The van der Waals surface area contributed by atoms with Crippen molar-refractivity contribution in [3.8, 4) is 5.75 Å². The lowest BCUT2D eigenvalue weighted by Crippen LogP contribution is -2.23. The highest BCUT2D eigenvalue weighted by Crippen LogP contribution is 2.30. The maximum Gasteiger partial charge on any atom is 0.273 e. The number of ether oxygens (including phenoxy) is 1. The first kappa shape index (κ1) is 18.5. The first-order valence-electron chi connectivity index (χ1n) is 7.25. The van der Waals surface area contributed by atoms with Gasteiger partial charge in [-0.3, -0.25) is 14.9 Å². The number of hydrogen-bond donors (Lipinski definition) is 1. The Balaban J connectivity index is 2.09. The lowest BCUT2D eigenvalue weighted by molar-refractivity contribution is -0.384. The number of nitrogens with one attached hydrogen (secondary N) is 1. The number of aromatic nitrogens is 3. The number of rotatable bonds is 8. The van der Waals surface area contributed by atoms with Crippen LogP contribution < -0.4 is 10.1 Å². The fourth-order valence-electron chi connectivity index (χ4n) is 1.94. The van der Waals surface area contributed by atoms with Gasteiger partial charge in [-0.05, 0) is 13.0 Å². The Hall–Kier alpha value is -2.88. The summed E-state index contributed by atoms with van der Waals surface area (Å²) in [6.07, 6.45) is 3.27. The Morgan fingerprint density at radius 2 is 2.36 bits per heavy atom. The second-order valence-corrected chi connectivity index (χ2v) is 6.25. The Kier molecular flexibility index (Phi) is 6.12. The lowest BCUT2D eigenvalue weighted by atomic mass is 10.2. The Morgan fingerprint density at radius 3 is 3.00 bits per heavy atom. The number of thioether (sulfide) groups is 1. The quantitative estimate of drug-likeness (QED) is 0.332. The smallest absolute Gasteiger partial charge is 0.273 e. The van der Waals surface area contributed by atoms with Crippen LogP contribution in [0.3, 0.4) is 0 Å². The minimum Gasteiger partial charge on any atom is -0.494 e. The zero-order valence-corrected chi connectivity index (χ0v) is 14.5. The van der Waals surface area contributed by atoms with Crippen LogP contribution >= 0.6 is 11.8 Å². The van der Waals surface area contributed by atoms with E-state index in [1.807, 2.05) is 0 Å². The number of nitro benzene ring substituents is 1. The zero-order valence-electron chi connectivity index (χ0n) is 13.7. The van der Waals surface area contributed by atoms with Crippen molar-refractivity contribution in [2.45, 2.75) is 23.9 Å². The number of methoxy groups -OCH3 is 1. The van der Waals surface area contributed by atoms with Gasteiger partial charge in [0.15, 0.2) is 5.16 Å². The van der Waals surface area contributed by atoms with E-state index >= 15 is 0 Å². The molecule has 0 unspecified atom stereocenters. The molecule has 2 aromatic rings. The molecule has 1 aromatic carbocycles. The van der Waals surface area contributed by atoms with Gasteiger partial charge in [0.1, 0.15) is 12.1 Å². The third kappa shape index (κ3) is 4.57. The molecule has 0 fully saturated rings. The fourth-order valence-corrected chi connectivity index (χ4v) is 2.78. The lowest BCUT2D eigenvalue weighted by Gasteiger charge is -2.14. The fraction of sp³-hybridized carbons (Fsp3) is 0.267. The van der Waals surface area contributed by atoms with Crippen molar-refractivity contribution in [3.05, 3.63) is 47.3 Å². The molecular weight excluding hydrogens is 346 g/mol. The first-order chi connectivity index (χ1) is 12.0. The van der Waals surface area contributed by atoms with Gasteiger partial charge in [-0.1, -0.05) is 17.8 Å². The zero-order chi connectivity index (χ0) is 18.4. The van der Waals surface area contributed by atoms with Crippen LogP contribution in [0.1, 0.15) is 6.92 Å². The largest absolute Gasteiger partial charge is 0.494 e. The van der Waals surface area contributed by atoms with E-state index in [2.05, 4.69) is 22.1 Å². The molecule has 0 bridgehead atoms. The number of hydrogen-bond acceptors (Lipinski definition) is 7. The van der Waals surface area contributed by atoms with E-state index in [9.17, 15) is 14.9 Å². The Labute approximate surface area is 148 Å². The summed E-state index contributed by atoms with van der Waals surface area (Å²) in [4.78, 5) is 22.7. The summed E-state index contributed by atoms with van der Waals surface area (Å²) < 4.78 is 6.88.